The average molecular weight is 386 g/mol. The van der Waals surface area contributed by atoms with Gasteiger partial charge in [-0.05, 0) is 84.5 Å². The van der Waals surface area contributed by atoms with Crippen molar-refractivity contribution in [1.82, 2.24) is 4.90 Å². The van der Waals surface area contributed by atoms with Crippen LogP contribution < -0.4 is 4.74 Å². The summed E-state index contributed by atoms with van der Waals surface area (Å²) >= 11 is 0. The molecular formula is C27H31NO. The van der Waals surface area contributed by atoms with E-state index in [0.29, 0.717) is 5.41 Å². The van der Waals surface area contributed by atoms with Crippen LogP contribution in [-0.2, 0) is 6.42 Å². The lowest BCUT2D eigenvalue weighted by molar-refractivity contribution is 0.163. The van der Waals surface area contributed by atoms with Gasteiger partial charge < -0.3 is 9.64 Å². The lowest BCUT2D eigenvalue weighted by Gasteiger charge is -2.33. The molecule has 1 spiro atoms. The van der Waals surface area contributed by atoms with Crippen LogP contribution in [0.2, 0.25) is 0 Å². The van der Waals surface area contributed by atoms with Crippen molar-refractivity contribution >= 4 is 10.8 Å². The fourth-order valence-electron chi connectivity index (χ4n) is 5.31. The number of aryl methyl sites for hydroxylation is 1. The summed E-state index contributed by atoms with van der Waals surface area (Å²) in [5.74, 6) is 0.980. The molecular weight excluding hydrogens is 354 g/mol. The zero-order valence-corrected chi connectivity index (χ0v) is 17.7. The Bertz CT molecular complexity index is 1030. The van der Waals surface area contributed by atoms with E-state index in [1.54, 1.807) is 7.11 Å². The highest BCUT2D eigenvalue weighted by molar-refractivity contribution is 6.00. The van der Waals surface area contributed by atoms with E-state index in [1.807, 2.05) is 0 Å². The minimum absolute atomic E-state index is 0.683. The lowest BCUT2D eigenvalue weighted by atomic mass is 9.90. The van der Waals surface area contributed by atoms with Crippen molar-refractivity contribution in [2.75, 3.05) is 26.7 Å². The lowest BCUT2D eigenvalue weighted by Crippen LogP contribution is -2.37. The van der Waals surface area contributed by atoms with Crippen LogP contribution in [0.25, 0.3) is 21.9 Å². The monoisotopic (exact) mass is 385 g/mol. The molecule has 3 aromatic rings. The summed E-state index contributed by atoms with van der Waals surface area (Å²) in [6.07, 6.45) is 6.79. The van der Waals surface area contributed by atoms with Gasteiger partial charge in [-0.25, -0.2) is 0 Å². The summed E-state index contributed by atoms with van der Waals surface area (Å²) < 4.78 is 5.84. The SMILES string of the molecule is COc1cccc(CCN2CCCC3(CC3)C2)c1-c1cccc2c(C)cccc12. The number of hydrogen-bond donors (Lipinski definition) is 0. The van der Waals surface area contributed by atoms with E-state index < -0.39 is 0 Å². The Hall–Kier alpha value is -2.32. The Morgan fingerprint density at radius 2 is 1.72 bits per heavy atom. The molecule has 0 unspecified atom stereocenters. The van der Waals surface area contributed by atoms with Crippen molar-refractivity contribution in [3.63, 3.8) is 0 Å². The molecule has 3 aromatic carbocycles. The van der Waals surface area contributed by atoms with Crippen LogP contribution in [0.1, 0.15) is 36.8 Å². The van der Waals surface area contributed by atoms with Crippen LogP contribution >= 0.6 is 0 Å². The molecule has 0 bridgehead atoms. The molecule has 0 N–H and O–H groups in total. The maximum Gasteiger partial charge on any atom is 0.126 e. The van der Waals surface area contributed by atoms with Gasteiger partial charge in [-0.15, -0.1) is 0 Å². The van der Waals surface area contributed by atoms with Crippen molar-refractivity contribution < 1.29 is 4.74 Å². The Morgan fingerprint density at radius 1 is 0.931 bits per heavy atom. The van der Waals surface area contributed by atoms with Crippen molar-refractivity contribution in [2.45, 2.75) is 39.0 Å². The predicted octanol–water partition coefficient (Wildman–Crippen LogP) is 6.24. The van der Waals surface area contributed by atoms with Crippen LogP contribution in [-0.4, -0.2) is 31.6 Å². The van der Waals surface area contributed by atoms with Gasteiger partial charge >= 0.3 is 0 Å². The summed E-state index contributed by atoms with van der Waals surface area (Å²) in [4.78, 5) is 2.70. The first kappa shape index (κ1) is 18.7. The number of piperidine rings is 1. The Balaban J connectivity index is 1.51. The van der Waals surface area contributed by atoms with Crippen molar-refractivity contribution in [3.8, 4) is 16.9 Å². The zero-order valence-electron chi connectivity index (χ0n) is 17.7. The standard InChI is InChI=1S/C27H31NO/c1-20-7-3-10-23-22(20)9-5-11-24(23)26-21(8-4-12-25(26)29-2)13-18-28-17-6-14-27(19-28)15-16-27/h3-5,7-12H,6,13-19H2,1-2H3. The molecule has 5 rings (SSSR count). The van der Waals surface area contributed by atoms with E-state index in [9.17, 15) is 0 Å². The van der Waals surface area contributed by atoms with Gasteiger partial charge in [-0.3, -0.25) is 0 Å². The molecule has 1 heterocycles. The third kappa shape index (κ3) is 3.55. The van der Waals surface area contributed by atoms with Crippen molar-refractivity contribution in [1.29, 1.82) is 0 Å². The molecule has 1 aliphatic heterocycles. The molecule has 0 aromatic heterocycles. The van der Waals surface area contributed by atoms with Gasteiger partial charge in [0.2, 0.25) is 0 Å². The summed E-state index contributed by atoms with van der Waals surface area (Å²) in [6.45, 7) is 5.90. The number of benzene rings is 3. The first-order valence-corrected chi connectivity index (χ1v) is 11.1. The predicted molar refractivity (Wildman–Crippen MR) is 122 cm³/mol. The maximum absolute atomic E-state index is 5.84. The van der Waals surface area contributed by atoms with E-state index in [-0.39, 0.29) is 0 Å². The summed E-state index contributed by atoms with van der Waals surface area (Å²) in [5, 5.41) is 2.64. The first-order chi connectivity index (χ1) is 14.2. The molecule has 2 fully saturated rings. The summed E-state index contributed by atoms with van der Waals surface area (Å²) in [6, 6.07) is 19.8. The number of fused-ring (bicyclic) bond motifs is 1. The zero-order chi connectivity index (χ0) is 19.8. The van der Waals surface area contributed by atoms with E-state index >= 15 is 0 Å². The first-order valence-electron chi connectivity index (χ1n) is 11.1. The average Bonchev–Trinajstić information content (AvgIpc) is 3.50. The molecule has 1 aliphatic carbocycles. The van der Waals surface area contributed by atoms with E-state index in [4.69, 9.17) is 4.74 Å². The molecule has 0 amide bonds. The van der Waals surface area contributed by atoms with Crippen LogP contribution in [0.15, 0.2) is 54.6 Å². The molecule has 29 heavy (non-hydrogen) atoms. The van der Waals surface area contributed by atoms with Crippen molar-refractivity contribution in [2.24, 2.45) is 5.41 Å². The largest absolute Gasteiger partial charge is 0.496 e. The number of likely N-dealkylation sites (tertiary alicyclic amines) is 1. The molecule has 2 aliphatic rings. The van der Waals surface area contributed by atoms with Gasteiger partial charge in [0.15, 0.2) is 0 Å². The minimum atomic E-state index is 0.683. The fraction of sp³-hybridized carbons (Fsp3) is 0.407. The number of hydrogen-bond acceptors (Lipinski definition) is 2. The topological polar surface area (TPSA) is 12.5 Å². The highest BCUT2D eigenvalue weighted by Gasteiger charge is 2.45. The molecule has 1 saturated heterocycles. The summed E-state index contributed by atoms with van der Waals surface area (Å²) in [7, 11) is 1.79. The number of methoxy groups -OCH3 is 1. The van der Waals surface area contributed by atoms with Gasteiger partial charge in [-0.1, -0.05) is 48.5 Å². The number of ether oxygens (including phenoxy) is 1. The van der Waals surface area contributed by atoms with Gasteiger partial charge in [0.1, 0.15) is 5.75 Å². The maximum atomic E-state index is 5.84. The minimum Gasteiger partial charge on any atom is -0.496 e. The highest BCUT2D eigenvalue weighted by atomic mass is 16.5. The van der Waals surface area contributed by atoms with E-state index in [0.717, 1.165) is 18.7 Å². The van der Waals surface area contributed by atoms with Gasteiger partial charge in [0, 0.05) is 18.7 Å². The molecule has 2 heteroatoms. The Labute approximate surface area is 174 Å². The quantitative estimate of drug-likeness (QED) is 0.515. The number of nitrogens with zero attached hydrogens (tertiary/aromatic N) is 1. The molecule has 0 atom stereocenters. The molecule has 150 valence electrons. The number of rotatable bonds is 5. The Morgan fingerprint density at radius 3 is 2.55 bits per heavy atom. The van der Waals surface area contributed by atoms with Crippen molar-refractivity contribution in [3.05, 3.63) is 65.7 Å². The molecule has 0 radical (unpaired) electrons. The second-order valence-electron chi connectivity index (χ2n) is 9.10. The fourth-order valence-corrected chi connectivity index (χ4v) is 5.31. The normalized spacial score (nSPS) is 18.3. The summed E-state index contributed by atoms with van der Waals surface area (Å²) in [5.41, 5.74) is 5.96. The van der Waals surface area contributed by atoms with E-state index in [1.165, 1.54) is 71.8 Å². The van der Waals surface area contributed by atoms with Gasteiger partial charge in [0.25, 0.3) is 0 Å². The highest BCUT2D eigenvalue weighted by Crippen LogP contribution is 2.52. The van der Waals surface area contributed by atoms with Crippen LogP contribution in [0.3, 0.4) is 0 Å². The van der Waals surface area contributed by atoms with Gasteiger partial charge in [0.05, 0.1) is 7.11 Å². The van der Waals surface area contributed by atoms with Gasteiger partial charge in [-0.2, -0.15) is 0 Å². The molecule has 1 saturated carbocycles. The van der Waals surface area contributed by atoms with Crippen LogP contribution in [0.5, 0.6) is 5.75 Å². The smallest absolute Gasteiger partial charge is 0.126 e. The van der Waals surface area contributed by atoms with Crippen LogP contribution in [0, 0.1) is 12.3 Å². The van der Waals surface area contributed by atoms with Crippen LogP contribution in [0.4, 0.5) is 0 Å². The molecule has 2 nitrogen and oxygen atoms in total. The van der Waals surface area contributed by atoms with E-state index in [2.05, 4.69) is 66.4 Å². The third-order valence-electron chi connectivity index (χ3n) is 7.14. The third-order valence-corrected chi connectivity index (χ3v) is 7.14. The Kier molecular flexibility index (Phi) is 4.83. The second-order valence-corrected chi connectivity index (χ2v) is 9.10. The second kappa shape index (κ2) is 7.50.